The number of hydrogen-bond donors (Lipinski definition) is 0. The normalized spacial score (nSPS) is 25.7. The number of allylic oxidation sites excluding steroid dienone is 8. The van der Waals surface area contributed by atoms with Crippen LogP contribution in [-0.2, 0) is 0 Å². The Balaban J connectivity index is 1.97. The maximum Gasteiger partial charge on any atom is 0.0649 e. The zero-order chi connectivity index (χ0) is 16.1. The summed E-state index contributed by atoms with van der Waals surface area (Å²) in [5.74, 6) is 0.553. The smallest absolute Gasteiger partial charge is 0.0649 e. The van der Waals surface area contributed by atoms with Crippen molar-refractivity contribution in [3.63, 3.8) is 0 Å². The molecule has 0 spiro atoms. The molecule has 118 valence electrons. The Morgan fingerprint density at radius 3 is 2.74 bits per heavy atom. The topological polar surface area (TPSA) is 12.4 Å². The van der Waals surface area contributed by atoms with Crippen LogP contribution in [0.5, 0.6) is 0 Å². The number of hydrogen-bond acceptors (Lipinski definition) is 1. The second kappa shape index (κ2) is 7.41. The third-order valence-electron chi connectivity index (χ3n) is 4.56. The zero-order valence-electron chi connectivity index (χ0n) is 14.1. The third kappa shape index (κ3) is 3.98. The summed E-state index contributed by atoms with van der Waals surface area (Å²) in [4.78, 5) is 4.80. The Hall–Kier alpha value is -2.15. The van der Waals surface area contributed by atoms with E-state index in [-0.39, 0.29) is 0 Å². The van der Waals surface area contributed by atoms with Gasteiger partial charge in [0.25, 0.3) is 0 Å². The lowest BCUT2D eigenvalue weighted by Crippen LogP contribution is -2.05. The molecule has 1 aromatic rings. The molecule has 0 saturated carbocycles. The number of nitrogens with zero attached hydrogens (tertiary/aromatic N) is 1. The minimum absolute atomic E-state index is 0.553. The van der Waals surface area contributed by atoms with Crippen LogP contribution in [0.25, 0.3) is 0 Å². The number of rotatable bonds is 2. The summed E-state index contributed by atoms with van der Waals surface area (Å²) in [5, 5.41) is 0. The summed E-state index contributed by atoms with van der Waals surface area (Å²) in [6.07, 6.45) is 14.8. The van der Waals surface area contributed by atoms with Crippen molar-refractivity contribution in [1.29, 1.82) is 0 Å². The van der Waals surface area contributed by atoms with E-state index in [1.54, 1.807) is 0 Å². The van der Waals surface area contributed by atoms with Gasteiger partial charge in [-0.05, 0) is 54.9 Å². The number of benzene rings is 1. The average Bonchev–Trinajstić information content (AvgIpc) is 2.80. The van der Waals surface area contributed by atoms with Gasteiger partial charge < -0.3 is 0 Å². The van der Waals surface area contributed by atoms with Crippen molar-refractivity contribution >= 4 is 5.71 Å². The summed E-state index contributed by atoms with van der Waals surface area (Å²) >= 11 is 0. The van der Waals surface area contributed by atoms with E-state index < -0.39 is 0 Å². The first kappa shape index (κ1) is 15.7. The molecule has 0 N–H and O–H groups in total. The third-order valence-corrected chi connectivity index (χ3v) is 4.56. The van der Waals surface area contributed by atoms with Crippen molar-refractivity contribution < 1.29 is 0 Å². The highest BCUT2D eigenvalue weighted by Gasteiger charge is 2.16. The minimum atomic E-state index is 0.553. The Morgan fingerprint density at radius 2 is 1.91 bits per heavy atom. The van der Waals surface area contributed by atoms with Gasteiger partial charge in [0.1, 0.15) is 0 Å². The van der Waals surface area contributed by atoms with Crippen LogP contribution >= 0.6 is 0 Å². The van der Waals surface area contributed by atoms with Gasteiger partial charge in [-0.1, -0.05) is 67.1 Å². The van der Waals surface area contributed by atoms with Gasteiger partial charge >= 0.3 is 0 Å². The van der Waals surface area contributed by atoms with Gasteiger partial charge in [-0.25, -0.2) is 0 Å². The fraction of sp³-hybridized carbons (Fsp3) is 0.318. The molecule has 0 aromatic heterocycles. The largest absolute Gasteiger partial charge is 0.285 e. The van der Waals surface area contributed by atoms with Gasteiger partial charge in [0.15, 0.2) is 0 Å². The lowest BCUT2D eigenvalue weighted by Gasteiger charge is -2.19. The van der Waals surface area contributed by atoms with Crippen molar-refractivity contribution in [3.8, 4) is 0 Å². The molecule has 2 aliphatic rings. The molecule has 23 heavy (non-hydrogen) atoms. The van der Waals surface area contributed by atoms with E-state index in [4.69, 9.17) is 4.99 Å². The van der Waals surface area contributed by atoms with E-state index >= 15 is 0 Å². The van der Waals surface area contributed by atoms with Crippen LogP contribution in [-0.4, -0.2) is 12.3 Å². The van der Waals surface area contributed by atoms with Crippen molar-refractivity contribution in [2.24, 2.45) is 10.9 Å². The highest BCUT2D eigenvalue weighted by molar-refractivity contribution is 6.09. The van der Waals surface area contributed by atoms with Crippen molar-refractivity contribution in [2.45, 2.75) is 33.1 Å². The fourth-order valence-corrected chi connectivity index (χ4v) is 3.21. The highest BCUT2D eigenvalue weighted by Crippen LogP contribution is 2.30. The molecule has 1 heterocycles. The highest BCUT2D eigenvalue weighted by atomic mass is 14.7. The second-order valence-corrected chi connectivity index (χ2v) is 6.48. The van der Waals surface area contributed by atoms with E-state index in [0.717, 1.165) is 31.5 Å². The van der Waals surface area contributed by atoms with E-state index in [1.807, 2.05) is 0 Å². The standard InChI is InChI=1S/C22H25N/c1-17-8-6-9-18(2)21(14-13-17)20-12-7-15-23-22(16-20)19-10-4-3-5-11-19/h3-6,8,10-11,13-14,16,18H,7,9,12,15H2,1-2H3/b8-6+,17-13-,21-14?. The predicted molar refractivity (Wildman–Crippen MR) is 99.9 cm³/mol. The molecule has 1 aliphatic carbocycles. The van der Waals surface area contributed by atoms with E-state index in [2.05, 4.69) is 74.6 Å². The molecule has 1 aliphatic heterocycles. The van der Waals surface area contributed by atoms with E-state index in [1.165, 1.54) is 22.3 Å². The summed E-state index contributed by atoms with van der Waals surface area (Å²) in [5.41, 5.74) is 6.60. The minimum Gasteiger partial charge on any atom is -0.285 e. The van der Waals surface area contributed by atoms with Gasteiger partial charge in [0.05, 0.1) is 5.71 Å². The summed E-state index contributed by atoms with van der Waals surface area (Å²) in [7, 11) is 0. The van der Waals surface area contributed by atoms with E-state index in [0.29, 0.717) is 5.92 Å². The fourth-order valence-electron chi connectivity index (χ4n) is 3.21. The lowest BCUT2D eigenvalue weighted by molar-refractivity contribution is 0.685. The van der Waals surface area contributed by atoms with Gasteiger partial charge in [-0.15, -0.1) is 0 Å². The van der Waals surface area contributed by atoms with Crippen LogP contribution in [0.2, 0.25) is 0 Å². The van der Waals surface area contributed by atoms with Crippen LogP contribution in [0.3, 0.4) is 0 Å². The maximum absolute atomic E-state index is 4.80. The molecule has 1 unspecified atom stereocenters. The van der Waals surface area contributed by atoms with Crippen molar-refractivity contribution in [3.05, 3.63) is 83.0 Å². The van der Waals surface area contributed by atoms with Crippen LogP contribution in [0.1, 0.15) is 38.7 Å². The molecular weight excluding hydrogens is 278 g/mol. The molecule has 1 heteroatoms. The first-order valence-electron chi connectivity index (χ1n) is 8.60. The summed E-state index contributed by atoms with van der Waals surface area (Å²) < 4.78 is 0. The molecule has 0 radical (unpaired) electrons. The van der Waals surface area contributed by atoms with Gasteiger partial charge in [0, 0.05) is 6.54 Å². The average molecular weight is 303 g/mol. The first-order valence-corrected chi connectivity index (χ1v) is 8.60. The quantitative estimate of drug-likeness (QED) is 0.668. The van der Waals surface area contributed by atoms with E-state index in [9.17, 15) is 0 Å². The molecule has 0 saturated heterocycles. The summed E-state index contributed by atoms with van der Waals surface area (Å²) in [6, 6.07) is 10.5. The Kier molecular flexibility index (Phi) is 5.07. The lowest BCUT2D eigenvalue weighted by atomic mass is 9.86. The van der Waals surface area contributed by atoms with Gasteiger partial charge in [-0.3, -0.25) is 4.99 Å². The molecule has 0 fully saturated rings. The Morgan fingerprint density at radius 1 is 1.09 bits per heavy atom. The molecule has 0 bridgehead atoms. The monoisotopic (exact) mass is 303 g/mol. The Labute approximate surface area is 139 Å². The van der Waals surface area contributed by atoms with Gasteiger partial charge in [0.2, 0.25) is 0 Å². The predicted octanol–water partition coefficient (Wildman–Crippen LogP) is 5.66. The van der Waals surface area contributed by atoms with Crippen LogP contribution in [0.15, 0.2) is 82.4 Å². The van der Waals surface area contributed by atoms with Crippen LogP contribution in [0, 0.1) is 5.92 Å². The molecule has 0 amide bonds. The molecule has 1 nitrogen and oxygen atoms in total. The molecule has 1 atom stereocenters. The molecular formula is C22H25N. The maximum atomic E-state index is 4.80. The molecule has 3 rings (SSSR count). The first-order chi connectivity index (χ1) is 11.2. The van der Waals surface area contributed by atoms with Crippen molar-refractivity contribution in [2.75, 3.05) is 6.54 Å². The summed E-state index contributed by atoms with van der Waals surface area (Å²) in [6.45, 7) is 5.41. The van der Waals surface area contributed by atoms with Gasteiger partial charge in [-0.2, -0.15) is 0 Å². The van der Waals surface area contributed by atoms with Crippen LogP contribution in [0.4, 0.5) is 0 Å². The van der Waals surface area contributed by atoms with Crippen molar-refractivity contribution in [1.82, 2.24) is 0 Å². The molecule has 1 aromatic carbocycles. The Bertz CT molecular complexity index is 699. The number of aliphatic imine (C=N–C) groups is 1. The van der Waals surface area contributed by atoms with Crippen LogP contribution < -0.4 is 0 Å². The zero-order valence-corrected chi connectivity index (χ0v) is 14.1. The second-order valence-electron chi connectivity index (χ2n) is 6.48. The SMILES string of the molecule is CC1=C/C=C(C2=CC(c3ccccc3)=NCCC2)C(C)C\C=C\1.